The van der Waals surface area contributed by atoms with Crippen LogP contribution in [0, 0.1) is 5.41 Å². The molecule has 0 bridgehead atoms. The Morgan fingerprint density at radius 1 is 1.30 bits per heavy atom. The molecule has 1 amide bonds. The van der Waals surface area contributed by atoms with Gasteiger partial charge in [0.1, 0.15) is 6.61 Å². The summed E-state index contributed by atoms with van der Waals surface area (Å²) in [6.45, 7) is 2.45. The van der Waals surface area contributed by atoms with Crippen molar-refractivity contribution in [1.82, 2.24) is 4.90 Å². The second kappa shape index (κ2) is 6.76. The molecule has 3 rings (SSSR count). The number of para-hydroxylation sites is 2. The Balaban J connectivity index is 1.63. The number of nitrogens with two attached hydrogens (primary N) is 1. The summed E-state index contributed by atoms with van der Waals surface area (Å²) < 4.78 is 17.0. The minimum Gasteiger partial charge on any atom is -0.486 e. The highest BCUT2D eigenvalue weighted by Gasteiger charge is 2.41. The number of ether oxygens (including phenoxy) is 3. The number of amides is 1. The smallest absolute Gasteiger partial charge is 0.230 e. The van der Waals surface area contributed by atoms with Crippen molar-refractivity contribution in [2.45, 2.75) is 18.9 Å². The zero-order valence-corrected chi connectivity index (χ0v) is 13.5. The zero-order valence-electron chi connectivity index (χ0n) is 13.5. The van der Waals surface area contributed by atoms with E-state index < -0.39 is 5.41 Å². The van der Waals surface area contributed by atoms with Gasteiger partial charge in [0, 0.05) is 26.8 Å². The van der Waals surface area contributed by atoms with Crippen LogP contribution in [0.15, 0.2) is 24.3 Å². The van der Waals surface area contributed by atoms with Gasteiger partial charge in [-0.3, -0.25) is 4.79 Å². The molecule has 1 aromatic carbocycles. The van der Waals surface area contributed by atoms with Crippen LogP contribution in [0.25, 0.3) is 0 Å². The molecule has 1 aromatic rings. The maximum atomic E-state index is 12.9. The zero-order chi connectivity index (χ0) is 16.3. The molecule has 2 N–H and O–H groups in total. The molecule has 1 saturated heterocycles. The topological polar surface area (TPSA) is 74.0 Å². The predicted octanol–water partition coefficient (Wildman–Crippen LogP) is 1.04. The Morgan fingerprint density at radius 2 is 2.00 bits per heavy atom. The van der Waals surface area contributed by atoms with Crippen molar-refractivity contribution in [3.63, 3.8) is 0 Å². The van der Waals surface area contributed by atoms with Crippen LogP contribution in [0.3, 0.4) is 0 Å². The largest absolute Gasteiger partial charge is 0.486 e. The molecular weight excluding hydrogens is 296 g/mol. The lowest BCUT2D eigenvalue weighted by atomic mass is 9.79. The molecule has 0 saturated carbocycles. The van der Waals surface area contributed by atoms with E-state index in [1.807, 2.05) is 24.3 Å². The molecule has 0 aromatic heterocycles. The summed E-state index contributed by atoms with van der Waals surface area (Å²) in [5.74, 6) is 1.55. The number of benzene rings is 1. The van der Waals surface area contributed by atoms with Crippen LogP contribution in [0.5, 0.6) is 11.5 Å². The monoisotopic (exact) mass is 320 g/mol. The third-order valence-electron chi connectivity index (χ3n) is 4.69. The summed E-state index contributed by atoms with van der Waals surface area (Å²) >= 11 is 0. The Bertz CT molecular complexity index is 557. The summed E-state index contributed by atoms with van der Waals surface area (Å²) in [5, 5.41) is 0. The highest BCUT2D eigenvalue weighted by molar-refractivity contribution is 5.83. The normalized spacial score (nSPS) is 22.4. The molecule has 0 radical (unpaired) electrons. The van der Waals surface area contributed by atoms with Crippen molar-refractivity contribution in [3.05, 3.63) is 24.3 Å². The van der Waals surface area contributed by atoms with Gasteiger partial charge in [-0.05, 0) is 25.0 Å². The molecule has 2 aliphatic heterocycles. The van der Waals surface area contributed by atoms with Crippen molar-refractivity contribution < 1.29 is 19.0 Å². The van der Waals surface area contributed by atoms with Crippen LogP contribution in [-0.2, 0) is 9.53 Å². The molecule has 1 unspecified atom stereocenters. The fraction of sp³-hybridized carbons (Fsp3) is 0.588. The molecule has 23 heavy (non-hydrogen) atoms. The Labute approximate surface area is 136 Å². The number of nitrogens with zero attached hydrogens (tertiary/aromatic N) is 1. The quantitative estimate of drug-likeness (QED) is 0.897. The Morgan fingerprint density at radius 3 is 2.70 bits per heavy atom. The lowest BCUT2D eigenvalue weighted by Crippen LogP contribution is -2.52. The van der Waals surface area contributed by atoms with E-state index in [9.17, 15) is 4.79 Å². The van der Waals surface area contributed by atoms with Crippen molar-refractivity contribution in [3.8, 4) is 11.5 Å². The lowest BCUT2D eigenvalue weighted by Gasteiger charge is -2.39. The molecule has 1 atom stereocenters. The van der Waals surface area contributed by atoms with E-state index in [4.69, 9.17) is 19.9 Å². The average molecular weight is 320 g/mol. The van der Waals surface area contributed by atoms with E-state index in [1.54, 1.807) is 11.9 Å². The molecule has 0 aliphatic carbocycles. The van der Waals surface area contributed by atoms with Gasteiger partial charge in [-0.1, -0.05) is 12.1 Å². The Hall–Kier alpha value is -1.79. The van der Waals surface area contributed by atoms with E-state index >= 15 is 0 Å². The molecule has 1 fully saturated rings. The van der Waals surface area contributed by atoms with Crippen LogP contribution in [0.1, 0.15) is 12.8 Å². The van der Waals surface area contributed by atoms with Gasteiger partial charge in [0.05, 0.1) is 12.0 Å². The van der Waals surface area contributed by atoms with Gasteiger partial charge in [0.25, 0.3) is 0 Å². The second-order valence-corrected chi connectivity index (χ2v) is 6.28. The first-order valence-corrected chi connectivity index (χ1v) is 8.06. The number of likely N-dealkylation sites (N-methyl/N-ethyl adjacent to an activating group) is 1. The maximum Gasteiger partial charge on any atom is 0.230 e. The average Bonchev–Trinajstić information content (AvgIpc) is 2.61. The molecule has 6 nitrogen and oxygen atoms in total. The number of hydrogen-bond acceptors (Lipinski definition) is 5. The minimum atomic E-state index is -0.500. The SMILES string of the molecule is CN(CC1COc2ccccc2O1)C(=O)C1(CN)CCOCC1. The van der Waals surface area contributed by atoms with Gasteiger partial charge >= 0.3 is 0 Å². The fourth-order valence-electron chi connectivity index (χ4n) is 3.21. The van der Waals surface area contributed by atoms with Crippen LogP contribution in [0.4, 0.5) is 0 Å². The second-order valence-electron chi connectivity index (χ2n) is 6.28. The van der Waals surface area contributed by atoms with Crippen molar-refractivity contribution in [2.24, 2.45) is 11.1 Å². The Kier molecular flexibility index (Phi) is 4.73. The molecule has 126 valence electrons. The maximum absolute atomic E-state index is 12.9. The predicted molar refractivity (Wildman–Crippen MR) is 85.5 cm³/mol. The number of rotatable bonds is 4. The standard InChI is InChI=1S/C17H24N2O4/c1-19(16(20)17(12-18)6-8-21-9-7-17)10-13-11-22-14-4-2-3-5-15(14)23-13/h2-5,13H,6-12,18H2,1H3. The first kappa shape index (κ1) is 16.1. The highest BCUT2D eigenvalue weighted by Crippen LogP contribution is 2.33. The van der Waals surface area contributed by atoms with E-state index in [1.165, 1.54) is 0 Å². The molecular formula is C17H24N2O4. The molecule has 0 spiro atoms. The van der Waals surface area contributed by atoms with Crippen LogP contribution in [0.2, 0.25) is 0 Å². The van der Waals surface area contributed by atoms with Crippen LogP contribution < -0.4 is 15.2 Å². The first-order valence-electron chi connectivity index (χ1n) is 8.06. The summed E-state index contributed by atoms with van der Waals surface area (Å²) in [5.41, 5.74) is 5.41. The van der Waals surface area contributed by atoms with Gasteiger partial charge in [0.2, 0.25) is 5.91 Å². The number of carbonyl (C=O) groups is 1. The van der Waals surface area contributed by atoms with Crippen molar-refractivity contribution in [2.75, 3.05) is 40.0 Å². The van der Waals surface area contributed by atoms with E-state index in [-0.39, 0.29) is 12.0 Å². The third-order valence-corrected chi connectivity index (χ3v) is 4.69. The van der Waals surface area contributed by atoms with Crippen LogP contribution >= 0.6 is 0 Å². The van der Waals surface area contributed by atoms with Gasteiger partial charge in [-0.25, -0.2) is 0 Å². The number of fused-ring (bicyclic) bond motifs is 1. The molecule has 6 heteroatoms. The van der Waals surface area contributed by atoms with Crippen molar-refractivity contribution in [1.29, 1.82) is 0 Å². The summed E-state index contributed by atoms with van der Waals surface area (Å²) in [7, 11) is 1.80. The van der Waals surface area contributed by atoms with E-state index in [0.717, 1.165) is 11.5 Å². The minimum absolute atomic E-state index is 0.0748. The number of carbonyl (C=O) groups excluding carboxylic acids is 1. The van der Waals surface area contributed by atoms with Gasteiger partial charge in [0.15, 0.2) is 17.6 Å². The summed E-state index contributed by atoms with van der Waals surface area (Å²) in [4.78, 5) is 14.6. The summed E-state index contributed by atoms with van der Waals surface area (Å²) in [6, 6.07) is 7.58. The van der Waals surface area contributed by atoms with E-state index in [0.29, 0.717) is 45.8 Å². The van der Waals surface area contributed by atoms with Gasteiger partial charge in [-0.2, -0.15) is 0 Å². The van der Waals surface area contributed by atoms with Crippen LogP contribution in [-0.4, -0.2) is 56.9 Å². The molecule has 2 heterocycles. The first-order chi connectivity index (χ1) is 11.1. The molecule has 2 aliphatic rings. The highest BCUT2D eigenvalue weighted by atomic mass is 16.6. The third kappa shape index (κ3) is 3.28. The number of hydrogen-bond donors (Lipinski definition) is 1. The van der Waals surface area contributed by atoms with E-state index in [2.05, 4.69) is 0 Å². The van der Waals surface area contributed by atoms with Gasteiger partial charge in [-0.15, -0.1) is 0 Å². The fourth-order valence-corrected chi connectivity index (χ4v) is 3.21. The lowest BCUT2D eigenvalue weighted by molar-refractivity contribution is -0.147. The van der Waals surface area contributed by atoms with Crippen molar-refractivity contribution >= 4 is 5.91 Å². The van der Waals surface area contributed by atoms with Gasteiger partial charge < -0.3 is 24.8 Å². The summed E-state index contributed by atoms with van der Waals surface area (Å²) in [6.07, 6.45) is 1.18.